The molecule has 0 saturated heterocycles. The van der Waals surface area contributed by atoms with Gasteiger partial charge in [0.05, 0.1) is 6.61 Å². The number of hydrogen-bond acceptors (Lipinski definition) is 5. The highest BCUT2D eigenvalue weighted by molar-refractivity contribution is 5.95. The summed E-state index contributed by atoms with van der Waals surface area (Å²) in [5, 5.41) is 21.0. The molecule has 0 spiro atoms. The highest BCUT2D eigenvalue weighted by atomic mass is 16.5. The van der Waals surface area contributed by atoms with Gasteiger partial charge in [-0.15, -0.1) is 10.2 Å². The summed E-state index contributed by atoms with van der Waals surface area (Å²) >= 11 is 0. The van der Waals surface area contributed by atoms with Gasteiger partial charge >= 0.3 is 0 Å². The monoisotopic (exact) mass is 342 g/mol. The minimum atomic E-state index is -0.185. The zero-order valence-corrected chi connectivity index (χ0v) is 14.0. The fraction of sp³-hybridized carbons (Fsp3) is 0.500. The van der Waals surface area contributed by atoms with Gasteiger partial charge in [-0.05, 0) is 43.7 Å². The van der Waals surface area contributed by atoms with E-state index in [0.29, 0.717) is 23.8 Å². The van der Waals surface area contributed by atoms with Crippen LogP contribution in [0.25, 0.3) is 0 Å². The molecule has 132 valence electrons. The van der Waals surface area contributed by atoms with Crippen molar-refractivity contribution in [3.63, 3.8) is 0 Å². The quantitative estimate of drug-likeness (QED) is 0.866. The van der Waals surface area contributed by atoms with Crippen molar-refractivity contribution in [3.8, 4) is 11.5 Å². The Bertz CT molecular complexity index is 747. The van der Waals surface area contributed by atoms with Gasteiger partial charge in [-0.25, -0.2) is 0 Å². The maximum Gasteiger partial charge on any atom is 0.251 e. The number of phenolic OH excluding ortho intramolecular Hbond substituents is 1. The molecule has 25 heavy (non-hydrogen) atoms. The molecule has 0 radical (unpaired) electrons. The number of aryl methyl sites for hydroxylation is 2. The summed E-state index contributed by atoms with van der Waals surface area (Å²) in [6, 6.07) is 4.80. The van der Waals surface area contributed by atoms with Gasteiger partial charge in [0.15, 0.2) is 0 Å². The predicted molar refractivity (Wildman–Crippen MR) is 90.5 cm³/mol. The molecule has 1 aliphatic heterocycles. The molecular weight excluding hydrogens is 320 g/mol. The molecular formula is C18H22N4O3. The van der Waals surface area contributed by atoms with Crippen molar-refractivity contribution < 1.29 is 14.6 Å². The lowest BCUT2D eigenvalue weighted by Gasteiger charge is -2.16. The Morgan fingerprint density at radius 3 is 3.00 bits per heavy atom. The minimum Gasteiger partial charge on any atom is -0.508 e. The van der Waals surface area contributed by atoms with Crippen LogP contribution in [0.4, 0.5) is 0 Å². The number of fused-ring (bicyclic) bond motifs is 1. The smallest absolute Gasteiger partial charge is 0.251 e. The van der Waals surface area contributed by atoms with Gasteiger partial charge in [-0.2, -0.15) is 0 Å². The molecule has 1 amide bonds. The maximum atomic E-state index is 12.6. The summed E-state index contributed by atoms with van der Waals surface area (Å²) in [6.07, 6.45) is 6.58. The molecule has 2 aromatic rings. The van der Waals surface area contributed by atoms with Crippen LogP contribution in [-0.2, 0) is 13.0 Å². The lowest BCUT2D eigenvalue weighted by molar-refractivity contribution is 0.0932. The zero-order chi connectivity index (χ0) is 17.2. The van der Waals surface area contributed by atoms with Crippen molar-refractivity contribution in [3.05, 3.63) is 35.9 Å². The minimum absolute atomic E-state index is 0.0468. The fourth-order valence-electron chi connectivity index (χ4n) is 3.11. The van der Waals surface area contributed by atoms with Crippen molar-refractivity contribution in [2.75, 3.05) is 6.61 Å². The van der Waals surface area contributed by atoms with Gasteiger partial charge in [0.25, 0.3) is 5.91 Å². The van der Waals surface area contributed by atoms with Crippen LogP contribution >= 0.6 is 0 Å². The van der Waals surface area contributed by atoms with Crippen LogP contribution in [0.5, 0.6) is 11.5 Å². The number of aromatic nitrogens is 3. The summed E-state index contributed by atoms with van der Waals surface area (Å²) in [5.74, 6) is 1.99. The summed E-state index contributed by atoms with van der Waals surface area (Å²) in [6.45, 7) is 1.44. The molecule has 1 aromatic carbocycles. The molecule has 4 rings (SSSR count). The van der Waals surface area contributed by atoms with Gasteiger partial charge in [0, 0.05) is 30.6 Å². The van der Waals surface area contributed by atoms with Crippen LogP contribution in [-0.4, -0.2) is 38.4 Å². The molecule has 7 nitrogen and oxygen atoms in total. The normalized spacial score (nSPS) is 19.8. The van der Waals surface area contributed by atoms with E-state index < -0.39 is 0 Å². The summed E-state index contributed by atoms with van der Waals surface area (Å²) in [5.41, 5.74) is 0.425. The van der Waals surface area contributed by atoms with Crippen molar-refractivity contribution in [1.82, 2.24) is 20.1 Å². The number of carbonyl (C=O) groups is 1. The van der Waals surface area contributed by atoms with Crippen LogP contribution in [0.15, 0.2) is 24.5 Å². The summed E-state index contributed by atoms with van der Waals surface area (Å²) in [4.78, 5) is 12.6. The largest absolute Gasteiger partial charge is 0.508 e. The first-order valence-electron chi connectivity index (χ1n) is 8.82. The zero-order valence-electron chi connectivity index (χ0n) is 14.0. The summed E-state index contributed by atoms with van der Waals surface area (Å²) in [7, 11) is 0. The predicted octanol–water partition coefficient (Wildman–Crippen LogP) is 1.91. The second kappa shape index (κ2) is 6.74. The molecule has 7 heteroatoms. The molecule has 1 fully saturated rings. The van der Waals surface area contributed by atoms with Gasteiger partial charge in [-0.1, -0.05) is 0 Å². The topological polar surface area (TPSA) is 89.3 Å². The fourth-order valence-corrected chi connectivity index (χ4v) is 3.11. The van der Waals surface area contributed by atoms with Crippen molar-refractivity contribution in [2.45, 2.75) is 44.7 Å². The number of phenols is 1. The Kier molecular flexibility index (Phi) is 4.29. The molecule has 1 aromatic heterocycles. The molecule has 0 bridgehead atoms. The number of benzene rings is 1. The second-order valence-corrected chi connectivity index (χ2v) is 6.91. The Balaban J connectivity index is 1.39. The third-order valence-corrected chi connectivity index (χ3v) is 4.80. The summed E-state index contributed by atoms with van der Waals surface area (Å²) < 4.78 is 7.72. The van der Waals surface area contributed by atoms with E-state index >= 15 is 0 Å². The molecule has 2 aliphatic rings. The number of carbonyl (C=O) groups excluding carboxylic acids is 1. The number of hydrogen-bond donors (Lipinski definition) is 2. The van der Waals surface area contributed by atoms with E-state index in [4.69, 9.17) is 4.74 Å². The van der Waals surface area contributed by atoms with E-state index in [1.165, 1.54) is 18.9 Å². The van der Waals surface area contributed by atoms with Crippen LogP contribution in [0.1, 0.15) is 41.9 Å². The van der Waals surface area contributed by atoms with Gasteiger partial charge < -0.3 is 19.7 Å². The molecule has 1 aliphatic carbocycles. The van der Waals surface area contributed by atoms with Crippen molar-refractivity contribution in [2.24, 2.45) is 5.92 Å². The second-order valence-electron chi connectivity index (χ2n) is 6.91. The SMILES string of the molecule is O=C(NC1CCc2nncn2CC1)c1cc(O)cc(OCC2CC2)c1. The van der Waals surface area contributed by atoms with E-state index in [2.05, 4.69) is 15.5 Å². The van der Waals surface area contributed by atoms with Crippen LogP contribution in [0.3, 0.4) is 0 Å². The first-order chi connectivity index (χ1) is 12.2. The van der Waals surface area contributed by atoms with Crippen molar-refractivity contribution in [1.29, 1.82) is 0 Å². The van der Waals surface area contributed by atoms with E-state index in [1.54, 1.807) is 18.5 Å². The number of aromatic hydroxyl groups is 1. The molecule has 2 N–H and O–H groups in total. The number of nitrogens with one attached hydrogen (secondary N) is 1. The highest BCUT2D eigenvalue weighted by Gasteiger charge is 2.23. The van der Waals surface area contributed by atoms with E-state index in [9.17, 15) is 9.90 Å². The van der Waals surface area contributed by atoms with Crippen LogP contribution in [0.2, 0.25) is 0 Å². The van der Waals surface area contributed by atoms with Crippen LogP contribution in [0, 0.1) is 5.92 Å². The molecule has 1 unspecified atom stereocenters. The Hall–Kier alpha value is -2.57. The Morgan fingerprint density at radius 2 is 2.16 bits per heavy atom. The average molecular weight is 342 g/mol. The van der Waals surface area contributed by atoms with Gasteiger partial charge in [-0.3, -0.25) is 4.79 Å². The van der Waals surface area contributed by atoms with Crippen molar-refractivity contribution >= 4 is 5.91 Å². The highest BCUT2D eigenvalue weighted by Crippen LogP contribution is 2.30. The molecule has 2 heterocycles. The van der Waals surface area contributed by atoms with E-state index in [-0.39, 0.29) is 17.7 Å². The number of rotatable bonds is 5. The Labute approximate surface area is 146 Å². The standard InChI is InChI=1S/C18H22N4O3/c23-15-7-13(8-16(9-15)25-10-12-1-2-12)18(24)20-14-3-4-17-21-19-11-22(17)6-5-14/h7-9,11-12,14,23H,1-6,10H2,(H,20,24). The first kappa shape index (κ1) is 15.9. The lowest BCUT2D eigenvalue weighted by Crippen LogP contribution is -2.35. The van der Waals surface area contributed by atoms with E-state index in [0.717, 1.165) is 31.6 Å². The van der Waals surface area contributed by atoms with Crippen LogP contribution < -0.4 is 10.1 Å². The molecule has 1 atom stereocenters. The first-order valence-corrected chi connectivity index (χ1v) is 8.82. The average Bonchev–Trinajstić information content (AvgIpc) is 3.36. The van der Waals surface area contributed by atoms with E-state index in [1.807, 2.05) is 4.57 Å². The maximum absolute atomic E-state index is 12.6. The Morgan fingerprint density at radius 1 is 1.28 bits per heavy atom. The third-order valence-electron chi connectivity index (χ3n) is 4.80. The molecule has 1 saturated carbocycles. The number of nitrogens with zero attached hydrogens (tertiary/aromatic N) is 3. The number of amides is 1. The number of ether oxygens (including phenoxy) is 1. The van der Waals surface area contributed by atoms with Gasteiger partial charge in [0.1, 0.15) is 23.7 Å². The lowest BCUT2D eigenvalue weighted by atomic mass is 10.1. The third kappa shape index (κ3) is 3.92. The van der Waals surface area contributed by atoms with Gasteiger partial charge in [0.2, 0.25) is 0 Å².